The molecular formula is C10H9NO4. The van der Waals surface area contributed by atoms with Crippen LogP contribution in [0.5, 0.6) is 0 Å². The number of nitrogens with zero attached hydrogens (tertiary/aromatic N) is 1. The van der Waals surface area contributed by atoms with E-state index in [9.17, 15) is 14.9 Å². The molecule has 0 radical (unpaired) electrons. The molecule has 0 N–H and O–H groups in total. The Balaban J connectivity index is 2.63. The largest absolute Gasteiger partial charge is 0.358 e. The van der Waals surface area contributed by atoms with Gasteiger partial charge < -0.3 is 9.53 Å². The predicted molar refractivity (Wildman–Crippen MR) is 51.4 cm³/mol. The van der Waals surface area contributed by atoms with Gasteiger partial charge in [-0.15, -0.1) is 0 Å². The Morgan fingerprint density at radius 2 is 2.27 bits per heavy atom. The topological polar surface area (TPSA) is 69.4 Å². The number of carbonyl (C=O) groups excluding carboxylic acids is 1. The fourth-order valence-electron chi connectivity index (χ4n) is 1.86. The standard InChI is InChI=1S/C10H9NO4/c1-6-7-3-2-4-8(11(13)14)10(7)9(5-12)15-6/h2-6,9H,1H3. The number of ether oxygens (including phenoxy) is 1. The summed E-state index contributed by atoms with van der Waals surface area (Å²) in [5, 5.41) is 10.8. The van der Waals surface area contributed by atoms with Crippen molar-refractivity contribution < 1.29 is 14.5 Å². The van der Waals surface area contributed by atoms with Gasteiger partial charge in [0.25, 0.3) is 5.69 Å². The average Bonchev–Trinajstić information content (AvgIpc) is 2.55. The van der Waals surface area contributed by atoms with E-state index in [2.05, 4.69) is 0 Å². The van der Waals surface area contributed by atoms with Crippen LogP contribution in [0.15, 0.2) is 18.2 Å². The summed E-state index contributed by atoms with van der Waals surface area (Å²) in [5.41, 5.74) is 1.07. The highest BCUT2D eigenvalue weighted by Gasteiger charge is 2.35. The second kappa shape index (κ2) is 3.43. The van der Waals surface area contributed by atoms with Crippen molar-refractivity contribution >= 4 is 12.0 Å². The number of nitro benzene ring substituents is 1. The molecule has 1 aromatic carbocycles. The number of aldehydes is 1. The van der Waals surface area contributed by atoms with Crippen molar-refractivity contribution in [1.82, 2.24) is 0 Å². The van der Waals surface area contributed by atoms with E-state index in [0.717, 1.165) is 5.56 Å². The van der Waals surface area contributed by atoms with E-state index < -0.39 is 11.0 Å². The van der Waals surface area contributed by atoms with Crippen LogP contribution in [0.4, 0.5) is 5.69 Å². The van der Waals surface area contributed by atoms with Crippen molar-refractivity contribution in [2.24, 2.45) is 0 Å². The molecule has 0 amide bonds. The number of benzene rings is 1. The van der Waals surface area contributed by atoms with E-state index in [1.165, 1.54) is 6.07 Å². The lowest BCUT2D eigenvalue weighted by molar-refractivity contribution is -0.385. The fourth-order valence-corrected chi connectivity index (χ4v) is 1.86. The van der Waals surface area contributed by atoms with Gasteiger partial charge in [-0.25, -0.2) is 0 Å². The van der Waals surface area contributed by atoms with Crippen molar-refractivity contribution in [2.75, 3.05) is 0 Å². The summed E-state index contributed by atoms with van der Waals surface area (Å²) >= 11 is 0. The van der Waals surface area contributed by atoms with Gasteiger partial charge in [0.2, 0.25) is 0 Å². The highest BCUT2D eigenvalue weighted by molar-refractivity contribution is 5.67. The zero-order chi connectivity index (χ0) is 11.0. The first-order valence-electron chi connectivity index (χ1n) is 4.53. The lowest BCUT2D eigenvalue weighted by Gasteiger charge is -2.02. The molecular weight excluding hydrogens is 198 g/mol. The summed E-state index contributed by atoms with van der Waals surface area (Å²) in [6.45, 7) is 1.77. The van der Waals surface area contributed by atoms with Crippen LogP contribution >= 0.6 is 0 Å². The van der Waals surface area contributed by atoms with Crippen LogP contribution in [-0.2, 0) is 9.53 Å². The number of carbonyl (C=O) groups is 1. The summed E-state index contributed by atoms with van der Waals surface area (Å²) in [7, 11) is 0. The van der Waals surface area contributed by atoms with Gasteiger partial charge in [-0.3, -0.25) is 10.1 Å². The molecule has 78 valence electrons. The van der Waals surface area contributed by atoms with Gasteiger partial charge in [0.05, 0.1) is 16.6 Å². The molecule has 15 heavy (non-hydrogen) atoms. The molecule has 1 aliphatic heterocycles. The maximum atomic E-state index is 10.8. The zero-order valence-electron chi connectivity index (χ0n) is 8.04. The molecule has 0 saturated carbocycles. The fraction of sp³-hybridized carbons (Fsp3) is 0.300. The van der Waals surface area contributed by atoms with Crippen LogP contribution in [-0.4, -0.2) is 11.2 Å². The van der Waals surface area contributed by atoms with E-state index >= 15 is 0 Å². The van der Waals surface area contributed by atoms with Gasteiger partial charge in [0, 0.05) is 6.07 Å². The molecule has 0 saturated heterocycles. The Morgan fingerprint density at radius 1 is 1.53 bits per heavy atom. The first kappa shape index (κ1) is 9.79. The van der Waals surface area contributed by atoms with Crippen molar-refractivity contribution in [3.8, 4) is 0 Å². The van der Waals surface area contributed by atoms with Crippen LogP contribution < -0.4 is 0 Å². The highest BCUT2D eigenvalue weighted by atomic mass is 16.6. The Hall–Kier alpha value is -1.75. The summed E-state index contributed by atoms with van der Waals surface area (Å²) in [4.78, 5) is 21.0. The zero-order valence-corrected chi connectivity index (χ0v) is 8.04. The van der Waals surface area contributed by atoms with Crippen LogP contribution in [0.3, 0.4) is 0 Å². The van der Waals surface area contributed by atoms with Crippen molar-refractivity contribution in [2.45, 2.75) is 19.1 Å². The lowest BCUT2D eigenvalue weighted by Crippen LogP contribution is -2.01. The SMILES string of the molecule is CC1OC(C=O)c2c1cccc2[N+](=O)[O-]. The Bertz CT molecular complexity index is 429. The number of fused-ring (bicyclic) bond motifs is 1. The molecule has 1 heterocycles. The molecule has 0 aliphatic carbocycles. The molecule has 5 heteroatoms. The molecule has 0 aromatic heterocycles. The molecule has 5 nitrogen and oxygen atoms in total. The van der Waals surface area contributed by atoms with Crippen molar-refractivity contribution in [3.05, 3.63) is 39.4 Å². The van der Waals surface area contributed by atoms with Crippen molar-refractivity contribution in [3.63, 3.8) is 0 Å². The van der Waals surface area contributed by atoms with E-state index in [1.807, 2.05) is 0 Å². The van der Waals surface area contributed by atoms with E-state index in [1.54, 1.807) is 19.1 Å². The number of hydrogen-bond donors (Lipinski definition) is 0. The first-order valence-corrected chi connectivity index (χ1v) is 4.53. The third kappa shape index (κ3) is 1.41. The number of rotatable bonds is 2. The second-order valence-corrected chi connectivity index (χ2v) is 3.37. The second-order valence-electron chi connectivity index (χ2n) is 3.37. The summed E-state index contributed by atoms with van der Waals surface area (Å²) < 4.78 is 5.30. The first-order chi connectivity index (χ1) is 7.15. The third-order valence-corrected chi connectivity index (χ3v) is 2.51. The maximum absolute atomic E-state index is 10.8. The van der Waals surface area contributed by atoms with Gasteiger partial charge >= 0.3 is 0 Å². The summed E-state index contributed by atoms with van der Waals surface area (Å²) in [6.07, 6.45) is -0.485. The molecule has 2 rings (SSSR count). The minimum atomic E-state index is -0.809. The number of nitro groups is 1. The lowest BCUT2D eigenvalue weighted by atomic mass is 10.0. The average molecular weight is 207 g/mol. The summed E-state index contributed by atoms with van der Waals surface area (Å²) in [5.74, 6) is 0. The number of hydrogen-bond acceptors (Lipinski definition) is 4. The highest BCUT2D eigenvalue weighted by Crippen LogP contribution is 2.42. The Labute approximate surface area is 85.8 Å². The van der Waals surface area contributed by atoms with Crippen LogP contribution in [0.25, 0.3) is 0 Å². The summed E-state index contributed by atoms with van der Waals surface area (Å²) in [6, 6.07) is 4.73. The monoisotopic (exact) mass is 207 g/mol. The molecule has 2 atom stereocenters. The minimum absolute atomic E-state index is 0.0473. The quantitative estimate of drug-likeness (QED) is 0.422. The predicted octanol–water partition coefficient (Wildman–Crippen LogP) is 1.93. The van der Waals surface area contributed by atoms with E-state index in [0.29, 0.717) is 11.8 Å². The molecule has 0 fully saturated rings. The van der Waals surface area contributed by atoms with E-state index in [4.69, 9.17) is 4.74 Å². The van der Waals surface area contributed by atoms with Crippen molar-refractivity contribution in [1.29, 1.82) is 0 Å². The van der Waals surface area contributed by atoms with Gasteiger partial charge in [-0.1, -0.05) is 12.1 Å². The van der Waals surface area contributed by atoms with E-state index in [-0.39, 0.29) is 11.8 Å². The van der Waals surface area contributed by atoms with Gasteiger partial charge in [0.1, 0.15) is 6.10 Å². The molecule has 2 unspecified atom stereocenters. The molecule has 0 spiro atoms. The minimum Gasteiger partial charge on any atom is -0.358 e. The van der Waals surface area contributed by atoms with Gasteiger partial charge in [-0.2, -0.15) is 0 Å². The Morgan fingerprint density at radius 3 is 2.87 bits per heavy atom. The maximum Gasteiger partial charge on any atom is 0.276 e. The molecule has 1 aromatic rings. The normalized spacial score (nSPS) is 23.5. The van der Waals surface area contributed by atoms with Crippen LogP contribution in [0.2, 0.25) is 0 Å². The van der Waals surface area contributed by atoms with Gasteiger partial charge in [-0.05, 0) is 12.5 Å². The molecule has 1 aliphatic rings. The third-order valence-electron chi connectivity index (χ3n) is 2.51. The smallest absolute Gasteiger partial charge is 0.276 e. The van der Waals surface area contributed by atoms with Crippen LogP contribution in [0.1, 0.15) is 30.3 Å². The van der Waals surface area contributed by atoms with Crippen LogP contribution in [0, 0.1) is 10.1 Å². The van der Waals surface area contributed by atoms with Gasteiger partial charge in [0.15, 0.2) is 6.29 Å². The Kier molecular flexibility index (Phi) is 2.24. The molecule has 0 bridgehead atoms.